The Hall–Kier alpha value is -2.25. The molecule has 0 saturated heterocycles. The molecular formula is C19H23FN2O3S. The second-order valence-corrected chi connectivity index (χ2v) is 8.39. The van der Waals surface area contributed by atoms with E-state index in [1.165, 1.54) is 31.1 Å². The largest absolute Gasteiger partial charge is 0.340 e. The molecule has 0 saturated carbocycles. The maximum atomic E-state index is 13.7. The normalized spacial score (nSPS) is 11.6. The number of nitrogens with zero attached hydrogens (tertiary/aromatic N) is 2. The third-order valence-electron chi connectivity index (χ3n) is 4.34. The molecule has 0 aliphatic heterocycles. The first kappa shape index (κ1) is 20.1. The Bertz CT molecular complexity index is 913. The number of carbonyl (C=O) groups excluding carboxylic acids is 1. The van der Waals surface area contributed by atoms with Crippen LogP contribution in [0.15, 0.2) is 47.4 Å². The monoisotopic (exact) mass is 378 g/mol. The van der Waals surface area contributed by atoms with Gasteiger partial charge >= 0.3 is 0 Å². The van der Waals surface area contributed by atoms with Crippen LogP contribution in [-0.4, -0.2) is 44.2 Å². The Morgan fingerprint density at radius 2 is 1.69 bits per heavy atom. The molecule has 0 radical (unpaired) electrons. The lowest BCUT2D eigenvalue weighted by Crippen LogP contribution is -2.39. The first-order valence-corrected chi connectivity index (χ1v) is 9.58. The van der Waals surface area contributed by atoms with Crippen molar-refractivity contribution in [2.75, 3.05) is 20.6 Å². The lowest BCUT2D eigenvalue weighted by molar-refractivity contribution is -0.130. The van der Waals surface area contributed by atoms with Crippen LogP contribution in [0.1, 0.15) is 16.7 Å². The second-order valence-electron chi connectivity index (χ2n) is 6.35. The Kier molecular flexibility index (Phi) is 6.15. The summed E-state index contributed by atoms with van der Waals surface area (Å²) in [6.45, 7) is 3.49. The fourth-order valence-electron chi connectivity index (χ4n) is 2.42. The maximum Gasteiger partial charge on any atom is 0.243 e. The van der Waals surface area contributed by atoms with Crippen molar-refractivity contribution in [1.29, 1.82) is 0 Å². The third-order valence-corrected chi connectivity index (χ3v) is 6.13. The summed E-state index contributed by atoms with van der Waals surface area (Å²) in [6.07, 6.45) is 0. The highest BCUT2D eigenvalue weighted by Gasteiger charge is 2.24. The van der Waals surface area contributed by atoms with Crippen LogP contribution < -0.4 is 0 Å². The van der Waals surface area contributed by atoms with Crippen molar-refractivity contribution >= 4 is 15.9 Å². The molecule has 2 rings (SSSR count). The summed E-state index contributed by atoms with van der Waals surface area (Å²) in [7, 11) is -0.897. The molecule has 7 heteroatoms. The number of sulfonamides is 1. The van der Waals surface area contributed by atoms with Crippen molar-refractivity contribution in [1.82, 2.24) is 9.21 Å². The molecule has 0 spiro atoms. The van der Waals surface area contributed by atoms with Crippen molar-refractivity contribution in [2.45, 2.75) is 25.3 Å². The lowest BCUT2D eigenvalue weighted by atomic mass is 10.1. The van der Waals surface area contributed by atoms with Crippen molar-refractivity contribution in [3.63, 3.8) is 0 Å². The van der Waals surface area contributed by atoms with Crippen molar-refractivity contribution in [2.24, 2.45) is 0 Å². The number of aryl methyl sites for hydroxylation is 2. The highest BCUT2D eigenvalue weighted by Crippen LogP contribution is 2.18. The number of hydrogen-bond donors (Lipinski definition) is 0. The smallest absolute Gasteiger partial charge is 0.243 e. The van der Waals surface area contributed by atoms with E-state index in [0.29, 0.717) is 5.56 Å². The second kappa shape index (κ2) is 7.97. The molecule has 2 aromatic rings. The van der Waals surface area contributed by atoms with Gasteiger partial charge in [0, 0.05) is 26.2 Å². The van der Waals surface area contributed by atoms with Crippen LogP contribution in [0.5, 0.6) is 0 Å². The Morgan fingerprint density at radius 1 is 1.04 bits per heavy atom. The number of benzene rings is 2. The summed E-state index contributed by atoms with van der Waals surface area (Å²) in [5.74, 6) is -0.814. The van der Waals surface area contributed by atoms with E-state index in [1.807, 2.05) is 13.8 Å². The number of amides is 1. The molecule has 5 nitrogen and oxygen atoms in total. The van der Waals surface area contributed by atoms with Gasteiger partial charge in [0.2, 0.25) is 15.9 Å². The van der Waals surface area contributed by atoms with Gasteiger partial charge in [0.25, 0.3) is 0 Å². The van der Waals surface area contributed by atoms with E-state index in [4.69, 9.17) is 0 Å². The number of halogens is 1. The van der Waals surface area contributed by atoms with Crippen LogP contribution in [0.3, 0.4) is 0 Å². The molecule has 0 bridgehead atoms. The average molecular weight is 378 g/mol. The molecule has 0 atom stereocenters. The standard InChI is InChI=1S/C19H23FN2O3S/c1-14-9-10-17(11-15(14)2)26(24,25)22(4)13-19(23)21(3)12-16-7-5-6-8-18(16)20/h5-11H,12-13H2,1-4H3. The van der Waals surface area contributed by atoms with E-state index >= 15 is 0 Å². The van der Waals surface area contributed by atoms with Crippen LogP contribution in [0, 0.1) is 19.7 Å². The molecule has 1 amide bonds. The third kappa shape index (κ3) is 4.47. The molecule has 0 aliphatic carbocycles. The summed E-state index contributed by atoms with van der Waals surface area (Å²) < 4.78 is 40.0. The van der Waals surface area contributed by atoms with Crippen LogP contribution in [0.2, 0.25) is 0 Å². The number of rotatable bonds is 6. The zero-order chi connectivity index (χ0) is 19.5. The molecule has 2 aromatic carbocycles. The van der Waals surface area contributed by atoms with E-state index in [9.17, 15) is 17.6 Å². The van der Waals surface area contributed by atoms with Gasteiger partial charge in [-0.15, -0.1) is 0 Å². The summed E-state index contributed by atoms with van der Waals surface area (Å²) in [4.78, 5) is 13.8. The van der Waals surface area contributed by atoms with E-state index in [-0.39, 0.29) is 18.0 Å². The van der Waals surface area contributed by atoms with Gasteiger partial charge in [-0.2, -0.15) is 4.31 Å². The highest BCUT2D eigenvalue weighted by molar-refractivity contribution is 7.89. The van der Waals surface area contributed by atoms with Gasteiger partial charge < -0.3 is 4.90 Å². The van der Waals surface area contributed by atoms with Crippen LogP contribution in [-0.2, 0) is 21.4 Å². The van der Waals surface area contributed by atoms with Gasteiger partial charge in [-0.3, -0.25) is 4.79 Å². The minimum atomic E-state index is -3.78. The van der Waals surface area contributed by atoms with E-state index in [0.717, 1.165) is 15.4 Å². The molecule has 140 valence electrons. The zero-order valence-electron chi connectivity index (χ0n) is 15.4. The van der Waals surface area contributed by atoms with Crippen molar-refractivity contribution in [3.05, 3.63) is 65.0 Å². The van der Waals surface area contributed by atoms with E-state index in [1.54, 1.807) is 30.3 Å². The summed E-state index contributed by atoms with van der Waals surface area (Å²) in [5, 5.41) is 0. The summed E-state index contributed by atoms with van der Waals surface area (Å²) in [6, 6.07) is 11.0. The van der Waals surface area contributed by atoms with Gasteiger partial charge in [0.1, 0.15) is 5.82 Å². The molecule has 0 heterocycles. The SMILES string of the molecule is Cc1ccc(S(=O)(=O)N(C)CC(=O)N(C)Cc2ccccc2F)cc1C. The Balaban J connectivity index is 2.09. The minimum Gasteiger partial charge on any atom is -0.340 e. The fourth-order valence-corrected chi connectivity index (χ4v) is 3.63. The van der Waals surface area contributed by atoms with Crippen LogP contribution >= 0.6 is 0 Å². The molecular weight excluding hydrogens is 355 g/mol. The van der Waals surface area contributed by atoms with Crippen molar-refractivity contribution in [3.8, 4) is 0 Å². The quantitative estimate of drug-likeness (QED) is 0.777. The molecule has 0 aliphatic rings. The zero-order valence-corrected chi connectivity index (χ0v) is 16.2. The first-order valence-electron chi connectivity index (χ1n) is 8.14. The van der Waals surface area contributed by atoms with E-state index in [2.05, 4.69) is 0 Å². The van der Waals surface area contributed by atoms with Crippen molar-refractivity contribution < 1.29 is 17.6 Å². The van der Waals surface area contributed by atoms with Gasteiger partial charge in [-0.1, -0.05) is 24.3 Å². The molecule has 26 heavy (non-hydrogen) atoms. The maximum absolute atomic E-state index is 13.7. The van der Waals surface area contributed by atoms with Gasteiger partial charge in [-0.25, -0.2) is 12.8 Å². The summed E-state index contributed by atoms with van der Waals surface area (Å²) in [5.41, 5.74) is 2.23. The number of likely N-dealkylation sites (N-methyl/N-ethyl adjacent to an activating group) is 2. The highest BCUT2D eigenvalue weighted by atomic mass is 32.2. The molecule has 0 N–H and O–H groups in total. The van der Waals surface area contributed by atoms with Gasteiger partial charge in [0.05, 0.1) is 11.4 Å². The minimum absolute atomic E-state index is 0.0725. The molecule has 0 fully saturated rings. The lowest BCUT2D eigenvalue weighted by Gasteiger charge is -2.22. The topological polar surface area (TPSA) is 57.7 Å². The predicted molar refractivity (Wildman–Crippen MR) is 98.6 cm³/mol. The Labute approximate surface area is 154 Å². The van der Waals surface area contributed by atoms with E-state index < -0.39 is 21.7 Å². The van der Waals surface area contributed by atoms with Crippen LogP contribution in [0.25, 0.3) is 0 Å². The Morgan fingerprint density at radius 3 is 2.31 bits per heavy atom. The molecule has 0 aromatic heterocycles. The molecule has 0 unspecified atom stereocenters. The summed E-state index contributed by atoms with van der Waals surface area (Å²) >= 11 is 0. The predicted octanol–water partition coefficient (Wildman–Crippen LogP) is 2.72. The average Bonchev–Trinajstić information content (AvgIpc) is 2.59. The number of hydrogen-bond acceptors (Lipinski definition) is 3. The number of carbonyl (C=O) groups is 1. The van der Waals surface area contributed by atoms with Crippen LogP contribution in [0.4, 0.5) is 4.39 Å². The van der Waals surface area contributed by atoms with Gasteiger partial charge in [0.15, 0.2) is 0 Å². The first-order chi connectivity index (χ1) is 12.1. The fraction of sp³-hybridized carbons (Fsp3) is 0.316. The van der Waals surface area contributed by atoms with Gasteiger partial charge in [-0.05, 0) is 43.2 Å².